The highest BCUT2D eigenvalue weighted by molar-refractivity contribution is 7.86. The molecular formula is C17H26BFN2O4S. The first-order valence-electron chi connectivity index (χ1n) is 8.85. The summed E-state index contributed by atoms with van der Waals surface area (Å²) in [6.45, 7) is 11.7. The van der Waals surface area contributed by atoms with Crippen molar-refractivity contribution in [1.82, 2.24) is 10.2 Å². The van der Waals surface area contributed by atoms with Crippen molar-refractivity contribution in [2.75, 3.05) is 26.2 Å². The topological polar surface area (TPSA) is 67.9 Å². The zero-order valence-corrected chi connectivity index (χ0v) is 16.5. The predicted octanol–water partition coefficient (Wildman–Crippen LogP) is 1.05. The number of halogens is 1. The summed E-state index contributed by atoms with van der Waals surface area (Å²) < 4.78 is 48.8. The molecule has 0 unspecified atom stereocenters. The minimum atomic E-state index is -4.82. The van der Waals surface area contributed by atoms with E-state index in [1.807, 2.05) is 33.8 Å². The SMILES string of the molecule is CC1(C)OB(c2cc(CN3CCNCC3)cc(S(=O)(=O)F)c2)OC1(C)C. The summed E-state index contributed by atoms with van der Waals surface area (Å²) in [5, 5.41) is 3.27. The first kappa shape index (κ1) is 19.8. The Kier molecular flexibility index (Phi) is 5.22. The lowest BCUT2D eigenvalue weighted by molar-refractivity contribution is 0.00578. The van der Waals surface area contributed by atoms with Crippen LogP contribution in [0.25, 0.3) is 0 Å². The van der Waals surface area contributed by atoms with E-state index < -0.39 is 28.5 Å². The van der Waals surface area contributed by atoms with Crippen LogP contribution in [0.2, 0.25) is 0 Å². The molecule has 0 aromatic heterocycles. The van der Waals surface area contributed by atoms with E-state index in [9.17, 15) is 12.3 Å². The Morgan fingerprint density at radius 2 is 1.69 bits per heavy atom. The third kappa shape index (κ3) is 4.12. The van der Waals surface area contributed by atoms with Crippen LogP contribution in [0, 0.1) is 0 Å². The number of nitrogens with one attached hydrogen (secondary N) is 1. The number of piperazine rings is 1. The van der Waals surface area contributed by atoms with Crippen LogP contribution in [0.15, 0.2) is 23.1 Å². The van der Waals surface area contributed by atoms with Crippen LogP contribution in [0.4, 0.5) is 3.89 Å². The molecule has 0 radical (unpaired) electrons. The fourth-order valence-electron chi connectivity index (χ4n) is 3.16. The Morgan fingerprint density at radius 1 is 1.12 bits per heavy atom. The van der Waals surface area contributed by atoms with Crippen molar-refractivity contribution in [3.63, 3.8) is 0 Å². The van der Waals surface area contributed by atoms with Crippen molar-refractivity contribution >= 4 is 22.8 Å². The maximum Gasteiger partial charge on any atom is 0.494 e. The molecule has 0 amide bonds. The minimum absolute atomic E-state index is 0.352. The van der Waals surface area contributed by atoms with E-state index in [1.54, 1.807) is 0 Å². The molecule has 26 heavy (non-hydrogen) atoms. The molecule has 1 N–H and O–H groups in total. The molecule has 3 rings (SSSR count). The van der Waals surface area contributed by atoms with E-state index in [4.69, 9.17) is 9.31 Å². The molecule has 2 aliphatic heterocycles. The van der Waals surface area contributed by atoms with Gasteiger partial charge in [0.25, 0.3) is 0 Å². The Hall–Kier alpha value is -0.995. The largest absolute Gasteiger partial charge is 0.494 e. The average Bonchev–Trinajstić information content (AvgIpc) is 2.75. The molecule has 0 atom stereocenters. The first-order valence-corrected chi connectivity index (χ1v) is 10.2. The lowest BCUT2D eigenvalue weighted by atomic mass is 9.78. The van der Waals surface area contributed by atoms with Crippen molar-refractivity contribution < 1.29 is 21.6 Å². The summed E-state index contributed by atoms with van der Waals surface area (Å²) in [5.74, 6) is 0. The highest BCUT2D eigenvalue weighted by Gasteiger charge is 2.51. The van der Waals surface area contributed by atoms with Gasteiger partial charge in [0.2, 0.25) is 0 Å². The standard InChI is InChI=1S/C17H26BFN2O4S/c1-16(2)17(3,4)25-18(24-16)14-9-13(10-15(11-14)26(19,22)23)12-21-7-5-20-6-8-21/h9-11,20H,5-8,12H2,1-4H3. The van der Waals surface area contributed by atoms with E-state index in [0.717, 1.165) is 31.7 Å². The minimum Gasteiger partial charge on any atom is -0.399 e. The van der Waals surface area contributed by atoms with Crippen molar-refractivity contribution in [3.05, 3.63) is 23.8 Å². The molecule has 144 valence electrons. The molecule has 2 aliphatic rings. The molecule has 0 spiro atoms. The molecule has 0 bridgehead atoms. The Balaban J connectivity index is 1.93. The molecule has 2 saturated heterocycles. The van der Waals surface area contributed by atoms with E-state index in [1.165, 1.54) is 12.1 Å². The highest BCUT2D eigenvalue weighted by atomic mass is 32.3. The summed E-state index contributed by atoms with van der Waals surface area (Å²) in [6, 6.07) is 4.55. The van der Waals surface area contributed by atoms with Gasteiger partial charge < -0.3 is 14.6 Å². The second kappa shape index (κ2) is 6.87. The molecule has 0 aliphatic carbocycles. The van der Waals surface area contributed by atoms with Crippen LogP contribution < -0.4 is 10.8 Å². The van der Waals surface area contributed by atoms with E-state index in [0.29, 0.717) is 12.0 Å². The highest BCUT2D eigenvalue weighted by Crippen LogP contribution is 2.36. The van der Waals surface area contributed by atoms with E-state index in [2.05, 4.69) is 10.2 Å². The van der Waals surface area contributed by atoms with Crippen LogP contribution in [0.3, 0.4) is 0 Å². The number of nitrogens with zero attached hydrogens (tertiary/aromatic N) is 1. The first-order chi connectivity index (χ1) is 12.0. The second-order valence-electron chi connectivity index (χ2n) is 7.96. The van der Waals surface area contributed by atoms with Crippen LogP contribution in [0.5, 0.6) is 0 Å². The molecule has 1 aromatic carbocycles. The molecule has 9 heteroatoms. The van der Waals surface area contributed by atoms with Gasteiger partial charge in [-0.2, -0.15) is 8.42 Å². The maximum absolute atomic E-state index is 13.7. The zero-order chi connectivity index (χ0) is 19.2. The van der Waals surface area contributed by atoms with Gasteiger partial charge in [-0.1, -0.05) is 6.07 Å². The number of rotatable bonds is 4. The van der Waals surface area contributed by atoms with Gasteiger partial charge in [-0.3, -0.25) is 4.90 Å². The summed E-state index contributed by atoms with van der Waals surface area (Å²) in [5.41, 5.74) is 0.143. The Morgan fingerprint density at radius 3 is 2.23 bits per heavy atom. The predicted molar refractivity (Wildman–Crippen MR) is 98.6 cm³/mol. The van der Waals surface area contributed by atoms with Gasteiger partial charge >= 0.3 is 17.3 Å². The number of hydrogen-bond acceptors (Lipinski definition) is 6. The summed E-state index contributed by atoms with van der Waals surface area (Å²) >= 11 is 0. The Labute approximate surface area is 155 Å². The van der Waals surface area contributed by atoms with Gasteiger partial charge in [-0.25, -0.2) is 0 Å². The molecule has 2 fully saturated rings. The van der Waals surface area contributed by atoms with E-state index in [-0.39, 0.29) is 4.90 Å². The smallest absolute Gasteiger partial charge is 0.399 e. The quantitative estimate of drug-likeness (QED) is 0.619. The van der Waals surface area contributed by atoms with E-state index >= 15 is 0 Å². The fraction of sp³-hybridized carbons (Fsp3) is 0.647. The summed E-state index contributed by atoms with van der Waals surface area (Å²) in [7, 11) is -5.55. The third-order valence-electron chi connectivity index (χ3n) is 5.41. The number of benzene rings is 1. The van der Waals surface area contributed by atoms with Crippen molar-refractivity contribution in [2.45, 2.75) is 50.3 Å². The van der Waals surface area contributed by atoms with Gasteiger partial charge in [0.05, 0.1) is 16.1 Å². The van der Waals surface area contributed by atoms with Crippen LogP contribution in [-0.4, -0.2) is 57.8 Å². The van der Waals surface area contributed by atoms with Crippen LogP contribution in [-0.2, 0) is 26.1 Å². The molecular weight excluding hydrogens is 358 g/mol. The average molecular weight is 384 g/mol. The molecule has 1 aromatic rings. The summed E-state index contributed by atoms with van der Waals surface area (Å²) in [6.07, 6.45) is 0. The third-order valence-corrected chi connectivity index (χ3v) is 6.21. The lowest BCUT2D eigenvalue weighted by Crippen LogP contribution is -2.43. The van der Waals surface area contributed by atoms with Crippen molar-refractivity contribution in [3.8, 4) is 0 Å². The van der Waals surface area contributed by atoms with Crippen LogP contribution >= 0.6 is 0 Å². The monoisotopic (exact) mass is 384 g/mol. The number of hydrogen-bond donors (Lipinski definition) is 1. The van der Waals surface area contributed by atoms with Crippen molar-refractivity contribution in [1.29, 1.82) is 0 Å². The van der Waals surface area contributed by atoms with Gasteiger partial charge in [-0.05, 0) is 50.9 Å². The van der Waals surface area contributed by atoms with Crippen molar-refractivity contribution in [2.24, 2.45) is 0 Å². The fourth-order valence-corrected chi connectivity index (χ4v) is 3.73. The van der Waals surface area contributed by atoms with Gasteiger partial charge in [0.15, 0.2) is 0 Å². The maximum atomic E-state index is 13.7. The van der Waals surface area contributed by atoms with Crippen LogP contribution in [0.1, 0.15) is 33.3 Å². The Bertz CT molecular complexity index is 763. The molecule has 0 saturated carbocycles. The van der Waals surface area contributed by atoms with Gasteiger partial charge in [0.1, 0.15) is 0 Å². The lowest BCUT2D eigenvalue weighted by Gasteiger charge is -2.32. The second-order valence-corrected chi connectivity index (χ2v) is 9.31. The normalized spacial score (nSPS) is 23.3. The van der Waals surface area contributed by atoms with Gasteiger partial charge in [-0.15, -0.1) is 3.89 Å². The zero-order valence-electron chi connectivity index (χ0n) is 15.7. The molecule has 6 nitrogen and oxygen atoms in total. The summed E-state index contributed by atoms with van der Waals surface area (Å²) in [4.78, 5) is 1.85. The van der Waals surface area contributed by atoms with Gasteiger partial charge in [0, 0.05) is 32.7 Å². The molecule has 2 heterocycles.